The van der Waals surface area contributed by atoms with Crippen LogP contribution in [0, 0.1) is 0 Å². The molecule has 3 aromatic heterocycles. The molecule has 0 saturated carbocycles. The fourth-order valence-corrected chi connectivity index (χ4v) is 10.1. The van der Waals surface area contributed by atoms with Crippen LogP contribution in [0.4, 0.5) is 0 Å². The molecule has 3 nitrogen and oxygen atoms in total. The van der Waals surface area contributed by atoms with Gasteiger partial charge in [-0.2, -0.15) is 0 Å². The quantitative estimate of drug-likeness (QED) is 0.175. The third-order valence-electron chi connectivity index (χ3n) is 11.5. The van der Waals surface area contributed by atoms with Crippen LogP contribution in [0.5, 0.6) is 0 Å². The number of nitrogens with zero attached hydrogens (tertiary/aromatic N) is 3. The Bertz CT molecular complexity index is 3580. The summed E-state index contributed by atoms with van der Waals surface area (Å²) in [5, 5.41) is 10.2. The highest BCUT2D eigenvalue weighted by atomic mass is 32.1. The number of fused-ring (bicyclic) bond motifs is 11. The van der Waals surface area contributed by atoms with Crippen LogP contribution in [0.15, 0.2) is 200 Å². The molecule has 58 heavy (non-hydrogen) atoms. The Morgan fingerprint density at radius 1 is 0.379 bits per heavy atom. The van der Waals surface area contributed by atoms with Gasteiger partial charge in [0.05, 0.1) is 22.4 Å². The Hall–Kier alpha value is -7.40. The van der Waals surface area contributed by atoms with E-state index in [0.29, 0.717) is 5.82 Å². The molecule has 0 bridgehead atoms. The van der Waals surface area contributed by atoms with Gasteiger partial charge in [-0.1, -0.05) is 158 Å². The summed E-state index contributed by atoms with van der Waals surface area (Å²) in [6.45, 7) is 0. The lowest BCUT2D eigenvalue weighted by Crippen LogP contribution is -1.97. The summed E-state index contributed by atoms with van der Waals surface area (Å²) in [5.41, 5.74) is 10.7. The minimum absolute atomic E-state index is 0.698. The molecular formula is C54H33N3S. The molecule has 0 aliphatic carbocycles. The lowest BCUT2D eigenvalue weighted by molar-refractivity contribution is 1.18. The SMILES string of the molecule is c1ccc(-c2cc(-c3ccc4ccccc4c3)nc(-c3cccc(-c4cccc(-n5c6ccccc6c6c7ccccc7c7sc8ccccc8c7c65)c4)c3)n2)cc1. The fourth-order valence-electron chi connectivity index (χ4n) is 8.88. The smallest absolute Gasteiger partial charge is 0.160 e. The maximum atomic E-state index is 5.23. The number of hydrogen-bond acceptors (Lipinski definition) is 3. The molecule has 12 rings (SSSR count). The number of benzene rings is 9. The molecule has 9 aromatic carbocycles. The van der Waals surface area contributed by atoms with Gasteiger partial charge in [0.2, 0.25) is 0 Å². The Kier molecular flexibility index (Phi) is 7.40. The fraction of sp³-hybridized carbons (Fsp3) is 0. The van der Waals surface area contributed by atoms with Crippen molar-refractivity contribution in [1.82, 2.24) is 14.5 Å². The van der Waals surface area contributed by atoms with E-state index in [0.717, 1.165) is 44.9 Å². The highest BCUT2D eigenvalue weighted by molar-refractivity contribution is 7.27. The summed E-state index contributed by atoms with van der Waals surface area (Å²) in [6, 6.07) is 71.8. The molecule has 4 heteroatoms. The van der Waals surface area contributed by atoms with Crippen LogP contribution in [-0.2, 0) is 0 Å². The zero-order chi connectivity index (χ0) is 38.2. The maximum absolute atomic E-state index is 5.23. The van der Waals surface area contributed by atoms with Gasteiger partial charge in [-0.05, 0) is 69.8 Å². The van der Waals surface area contributed by atoms with E-state index in [1.807, 2.05) is 17.4 Å². The average molecular weight is 756 g/mol. The monoisotopic (exact) mass is 755 g/mol. The van der Waals surface area contributed by atoms with Crippen molar-refractivity contribution in [3.05, 3.63) is 200 Å². The van der Waals surface area contributed by atoms with Crippen LogP contribution in [-0.4, -0.2) is 14.5 Å². The predicted octanol–water partition coefficient (Wildman–Crippen LogP) is 14.9. The molecule has 12 aromatic rings. The minimum Gasteiger partial charge on any atom is -0.309 e. The van der Waals surface area contributed by atoms with Crippen molar-refractivity contribution < 1.29 is 0 Å². The highest BCUT2D eigenvalue weighted by Gasteiger charge is 2.22. The second-order valence-corrected chi connectivity index (χ2v) is 16.0. The van der Waals surface area contributed by atoms with Crippen molar-refractivity contribution in [1.29, 1.82) is 0 Å². The van der Waals surface area contributed by atoms with Crippen molar-refractivity contribution in [2.75, 3.05) is 0 Å². The van der Waals surface area contributed by atoms with Crippen molar-refractivity contribution >= 4 is 74.9 Å². The standard InChI is InChI=1S/C54H33N3S/c1-2-15-35(16-3-1)46-33-47(39-29-28-34-14-4-5-17-36(34)30-39)56-54(55-46)40-20-12-18-37(31-40)38-19-13-21-41(32-38)57-48-26-10-8-24-44(48)50-42-22-6-7-23-43(42)53-51(52(50)57)45-25-9-11-27-49(45)58-53/h1-33H. The minimum atomic E-state index is 0.698. The van der Waals surface area contributed by atoms with Gasteiger partial charge in [0.15, 0.2) is 5.82 Å². The molecule has 0 spiro atoms. The second-order valence-electron chi connectivity index (χ2n) is 14.9. The van der Waals surface area contributed by atoms with Gasteiger partial charge in [-0.3, -0.25) is 0 Å². The van der Waals surface area contributed by atoms with Crippen LogP contribution >= 0.6 is 11.3 Å². The van der Waals surface area contributed by atoms with E-state index in [1.54, 1.807) is 0 Å². The molecular weight excluding hydrogens is 723 g/mol. The Morgan fingerprint density at radius 3 is 1.88 bits per heavy atom. The molecule has 0 aliphatic heterocycles. The Morgan fingerprint density at radius 2 is 1.02 bits per heavy atom. The van der Waals surface area contributed by atoms with E-state index < -0.39 is 0 Å². The first-order valence-electron chi connectivity index (χ1n) is 19.7. The van der Waals surface area contributed by atoms with E-state index >= 15 is 0 Å². The summed E-state index contributed by atoms with van der Waals surface area (Å²) in [5.74, 6) is 0.698. The van der Waals surface area contributed by atoms with Crippen LogP contribution in [0.2, 0.25) is 0 Å². The van der Waals surface area contributed by atoms with Gasteiger partial charge in [0, 0.05) is 58.7 Å². The van der Waals surface area contributed by atoms with Crippen molar-refractivity contribution in [2.45, 2.75) is 0 Å². The van der Waals surface area contributed by atoms with Crippen LogP contribution in [0.25, 0.3) is 114 Å². The first-order valence-corrected chi connectivity index (χ1v) is 20.5. The van der Waals surface area contributed by atoms with E-state index in [1.165, 1.54) is 63.5 Å². The van der Waals surface area contributed by atoms with Gasteiger partial charge in [0.25, 0.3) is 0 Å². The van der Waals surface area contributed by atoms with E-state index in [2.05, 4.69) is 199 Å². The summed E-state index contributed by atoms with van der Waals surface area (Å²) < 4.78 is 5.13. The van der Waals surface area contributed by atoms with Crippen molar-refractivity contribution in [3.63, 3.8) is 0 Å². The molecule has 270 valence electrons. The van der Waals surface area contributed by atoms with Gasteiger partial charge in [-0.15, -0.1) is 11.3 Å². The van der Waals surface area contributed by atoms with Gasteiger partial charge < -0.3 is 4.57 Å². The number of aromatic nitrogens is 3. The molecule has 0 aliphatic rings. The first kappa shape index (κ1) is 32.8. The van der Waals surface area contributed by atoms with Crippen molar-refractivity contribution in [2.24, 2.45) is 0 Å². The lowest BCUT2D eigenvalue weighted by Gasteiger charge is -2.13. The molecule has 0 atom stereocenters. The molecule has 0 amide bonds. The predicted molar refractivity (Wildman–Crippen MR) is 246 cm³/mol. The molecule has 0 unspecified atom stereocenters. The van der Waals surface area contributed by atoms with E-state index in [4.69, 9.17) is 9.97 Å². The average Bonchev–Trinajstić information content (AvgIpc) is 3.86. The summed E-state index contributed by atoms with van der Waals surface area (Å²) in [6.07, 6.45) is 0. The third-order valence-corrected chi connectivity index (χ3v) is 12.8. The summed E-state index contributed by atoms with van der Waals surface area (Å²) in [4.78, 5) is 10.4. The first-order chi connectivity index (χ1) is 28.7. The van der Waals surface area contributed by atoms with E-state index in [9.17, 15) is 0 Å². The zero-order valence-electron chi connectivity index (χ0n) is 31.3. The lowest BCUT2D eigenvalue weighted by atomic mass is 9.99. The van der Waals surface area contributed by atoms with Crippen LogP contribution in [0.3, 0.4) is 0 Å². The van der Waals surface area contributed by atoms with Gasteiger partial charge >= 0.3 is 0 Å². The van der Waals surface area contributed by atoms with E-state index in [-0.39, 0.29) is 0 Å². The largest absolute Gasteiger partial charge is 0.309 e. The number of thiophene rings is 1. The maximum Gasteiger partial charge on any atom is 0.160 e. The molecule has 0 saturated heterocycles. The number of rotatable bonds is 5. The number of hydrogen-bond donors (Lipinski definition) is 0. The second kappa shape index (κ2) is 13.1. The Balaban J connectivity index is 1.04. The van der Waals surface area contributed by atoms with Crippen LogP contribution < -0.4 is 0 Å². The molecule has 0 fully saturated rings. The third kappa shape index (κ3) is 5.19. The molecule has 3 heterocycles. The van der Waals surface area contributed by atoms with Gasteiger partial charge in [-0.25, -0.2) is 9.97 Å². The zero-order valence-corrected chi connectivity index (χ0v) is 32.1. The van der Waals surface area contributed by atoms with Gasteiger partial charge in [0.1, 0.15) is 0 Å². The van der Waals surface area contributed by atoms with Crippen molar-refractivity contribution in [3.8, 4) is 50.7 Å². The molecule has 0 N–H and O–H groups in total. The normalized spacial score (nSPS) is 11.8. The van der Waals surface area contributed by atoms with Crippen LogP contribution in [0.1, 0.15) is 0 Å². The summed E-state index contributed by atoms with van der Waals surface area (Å²) >= 11 is 1.89. The summed E-state index contributed by atoms with van der Waals surface area (Å²) in [7, 11) is 0. The highest BCUT2D eigenvalue weighted by Crippen LogP contribution is 2.48. The topological polar surface area (TPSA) is 30.7 Å². The molecule has 0 radical (unpaired) electrons. The Labute approximate surface area is 338 Å². The number of para-hydroxylation sites is 1.